The summed E-state index contributed by atoms with van der Waals surface area (Å²) in [4.78, 5) is 16.0. The number of hydrogen-bond donors (Lipinski definition) is 1. The first-order valence-electron chi connectivity index (χ1n) is 12.2. The summed E-state index contributed by atoms with van der Waals surface area (Å²) in [5.74, 6) is 7.83. The molecule has 0 radical (unpaired) electrons. The van der Waals surface area contributed by atoms with Gasteiger partial charge in [0, 0.05) is 17.5 Å². The second-order valence-corrected chi connectivity index (χ2v) is 8.98. The molecule has 0 bridgehead atoms. The van der Waals surface area contributed by atoms with E-state index in [1.54, 1.807) is 0 Å². The summed E-state index contributed by atoms with van der Waals surface area (Å²) < 4.78 is 12.1. The second-order valence-electron chi connectivity index (χ2n) is 8.98. The van der Waals surface area contributed by atoms with E-state index in [4.69, 9.17) is 9.15 Å². The third kappa shape index (κ3) is 5.34. The van der Waals surface area contributed by atoms with Crippen molar-refractivity contribution in [3.63, 3.8) is 0 Å². The van der Waals surface area contributed by atoms with Gasteiger partial charge in [-0.05, 0) is 73.2 Å². The fourth-order valence-corrected chi connectivity index (χ4v) is 4.64. The first kappa shape index (κ1) is 23.4. The maximum Gasteiger partial charge on any atom is 0.303 e. The van der Waals surface area contributed by atoms with Gasteiger partial charge in [0.2, 0.25) is 5.89 Å². The third-order valence-corrected chi connectivity index (χ3v) is 6.49. The zero-order chi connectivity index (χ0) is 24.9. The van der Waals surface area contributed by atoms with Crippen LogP contribution in [0.25, 0.3) is 11.5 Å². The molecular weight excluding hydrogens is 450 g/mol. The van der Waals surface area contributed by atoms with Gasteiger partial charge in [-0.25, -0.2) is 4.98 Å². The van der Waals surface area contributed by atoms with Crippen molar-refractivity contribution < 1.29 is 19.1 Å². The Morgan fingerprint density at radius 2 is 1.83 bits per heavy atom. The molecule has 1 aliphatic rings. The molecule has 0 saturated heterocycles. The molecule has 0 fully saturated rings. The molecule has 4 aromatic rings. The van der Waals surface area contributed by atoms with Crippen molar-refractivity contribution in [2.24, 2.45) is 0 Å². The summed E-state index contributed by atoms with van der Waals surface area (Å²) >= 11 is 0. The van der Waals surface area contributed by atoms with Crippen molar-refractivity contribution in [2.45, 2.75) is 38.5 Å². The minimum atomic E-state index is -0.775. The maximum absolute atomic E-state index is 11.4. The summed E-state index contributed by atoms with van der Waals surface area (Å²) in [6.45, 7) is 2.35. The highest BCUT2D eigenvalue weighted by atomic mass is 16.5. The van der Waals surface area contributed by atoms with E-state index >= 15 is 0 Å². The summed E-state index contributed by atoms with van der Waals surface area (Å²) in [5.41, 5.74) is 5.72. The monoisotopic (exact) mass is 477 g/mol. The zero-order valence-corrected chi connectivity index (χ0v) is 20.2. The molecule has 0 saturated carbocycles. The Bertz CT molecular complexity index is 1430. The van der Waals surface area contributed by atoms with Crippen LogP contribution in [0, 0.1) is 18.8 Å². The van der Waals surface area contributed by atoms with Gasteiger partial charge in [-0.3, -0.25) is 4.79 Å². The normalized spacial score (nSPS) is 14.1. The molecular formula is C31H27NO4. The summed E-state index contributed by atoms with van der Waals surface area (Å²) in [5, 5.41) is 9.33. The van der Waals surface area contributed by atoms with E-state index in [1.165, 1.54) is 0 Å². The van der Waals surface area contributed by atoms with Crippen molar-refractivity contribution in [3.05, 3.63) is 107 Å². The number of oxazole rings is 1. The number of aromatic nitrogens is 1. The van der Waals surface area contributed by atoms with E-state index in [9.17, 15) is 9.90 Å². The number of hydrogen-bond acceptors (Lipinski definition) is 4. The molecule has 3 aromatic carbocycles. The van der Waals surface area contributed by atoms with E-state index in [2.05, 4.69) is 16.8 Å². The predicted molar refractivity (Wildman–Crippen MR) is 138 cm³/mol. The van der Waals surface area contributed by atoms with Gasteiger partial charge in [0.15, 0.2) is 0 Å². The number of aryl methyl sites for hydroxylation is 2. The molecule has 1 aromatic heterocycles. The van der Waals surface area contributed by atoms with Gasteiger partial charge in [0.05, 0.1) is 24.3 Å². The molecule has 5 rings (SSSR count). The number of carbonyl (C=O) groups is 1. The Labute approximate surface area is 210 Å². The number of carboxylic acid groups (broad SMARTS) is 1. The van der Waals surface area contributed by atoms with Crippen LogP contribution < -0.4 is 4.74 Å². The quantitative estimate of drug-likeness (QED) is 0.322. The van der Waals surface area contributed by atoms with Gasteiger partial charge < -0.3 is 14.3 Å². The molecule has 0 spiro atoms. The minimum absolute atomic E-state index is 0.0120. The van der Waals surface area contributed by atoms with E-state index in [0.717, 1.165) is 57.9 Å². The molecule has 0 amide bonds. The lowest BCUT2D eigenvalue weighted by Crippen LogP contribution is -2.06. The van der Waals surface area contributed by atoms with Crippen LogP contribution in [0.2, 0.25) is 0 Å². The van der Waals surface area contributed by atoms with Crippen LogP contribution in [0.1, 0.15) is 52.5 Å². The number of ether oxygens (including phenoxy) is 1. The minimum Gasteiger partial charge on any atom is -0.492 e. The lowest BCUT2D eigenvalue weighted by molar-refractivity contribution is -0.137. The largest absolute Gasteiger partial charge is 0.492 e. The van der Waals surface area contributed by atoms with Crippen LogP contribution in [-0.4, -0.2) is 22.7 Å². The molecule has 1 heterocycles. The summed E-state index contributed by atoms with van der Waals surface area (Å²) in [6.07, 6.45) is 2.41. The first-order valence-corrected chi connectivity index (χ1v) is 12.2. The van der Waals surface area contributed by atoms with Gasteiger partial charge in [-0.2, -0.15) is 0 Å². The van der Waals surface area contributed by atoms with Crippen LogP contribution in [0.15, 0.2) is 77.2 Å². The van der Waals surface area contributed by atoms with Gasteiger partial charge in [-0.1, -0.05) is 48.2 Å². The van der Waals surface area contributed by atoms with Gasteiger partial charge in [0.1, 0.15) is 11.5 Å². The molecule has 1 aliphatic carbocycles. The molecule has 5 heteroatoms. The van der Waals surface area contributed by atoms with Crippen molar-refractivity contribution in [1.82, 2.24) is 4.98 Å². The fourth-order valence-electron chi connectivity index (χ4n) is 4.64. The summed E-state index contributed by atoms with van der Waals surface area (Å²) in [7, 11) is 0. The van der Waals surface area contributed by atoms with E-state index < -0.39 is 5.97 Å². The SMILES string of the molecule is Cc1oc(-c2ccccc2)nc1CCOc1cc2c(cc1C#Cc1ccccc1)C(CC(=O)O)CC2. The molecule has 1 atom stereocenters. The number of fused-ring (bicyclic) bond motifs is 1. The van der Waals surface area contributed by atoms with Crippen LogP contribution in [-0.2, 0) is 17.6 Å². The summed E-state index contributed by atoms with van der Waals surface area (Å²) in [6, 6.07) is 23.7. The number of aliphatic carboxylic acids is 1. The average molecular weight is 478 g/mol. The van der Waals surface area contributed by atoms with Crippen molar-refractivity contribution >= 4 is 5.97 Å². The van der Waals surface area contributed by atoms with Crippen molar-refractivity contribution in [1.29, 1.82) is 0 Å². The van der Waals surface area contributed by atoms with Crippen LogP contribution >= 0.6 is 0 Å². The third-order valence-electron chi connectivity index (χ3n) is 6.49. The Morgan fingerprint density at radius 1 is 1.08 bits per heavy atom. The molecule has 180 valence electrons. The van der Waals surface area contributed by atoms with E-state index in [1.807, 2.05) is 79.7 Å². The standard InChI is InChI=1S/C31H27NO4/c1-21-28(32-31(36-21)23-10-6-3-7-11-23)16-17-35-29-19-24-14-15-25(20-30(33)34)27(24)18-26(29)13-12-22-8-4-2-5-9-22/h2-11,18-19,25H,14-17,20H2,1H3,(H,33,34). The smallest absolute Gasteiger partial charge is 0.303 e. The van der Waals surface area contributed by atoms with Crippen molar-refractivity contribution in [2.75, 3.05) is 6.61 Å². The lowest BCUT2D eigenvalue weighted by Gasteiger charge is -2.13. The molecule has 36 heavy (non-hydrogen) atoms. The van der Waals surface area contributed by atoms with Gasteiger partial charge in [-0.15, -0.1) is 0 Å². The molecule has 0 aliphatic heterocycles. The first-order chi connectivity index (χ1) is 17.6. The lowest BCUT2D eigenvalue weighted by atomic mass is 9.95. The number of rotatable bonds is 7. The molecule has 1 unspecified atom stereocenters. The highest BCUT2D eigenvalue weighted by molar-refractivity contribution is 5.69. The maximum atomic E-state index is 11.4. The van der Waals surface area contributed by atoms with Gasteiger partial charge in [0.25, 0.3) is 0 Å². The van der Waals surface area contributed by atoms with E-state index in [-0.39, 0.29) is 12.3 Å². The van der Waals surface area contributed by atoms with Crippen LogP contribution in [0.4, 0.5) is 0 Å². The second kappa shape index (κ2) is 10.5. The Hall–Kier alpha value is -4.30. The van der Waals surface area contributed by atoms with Crippen molar-refractivity contribution in [3.8, 4) is 29.0 Å². The Kier molecular flexibility index (Phi) is 6.86. The number of carboxylic acids is 1. The van der Waals surface area contributed by atoms with E-state index in [0.29, 0.717) is 18.9 Å². The van der Waals surface area contributed by atoms with Gasteiger partial charge >= 0.3 is 5.97 Å². The highest BCUT2D eigenvalue weighted by Gasteiger charge is 2.26. The average Bonchev–Trinajstić information content (AvgIpc) is 3.46. The Morgan fingerprint density at radius 3 is 2.58 bits per heavy atom. The zero-order valence-electron chi connectivity index (χ0n) is 20.2. The molecule has 1 N–H and O–H groups in total. The fraction of sp³-hybridized carbons (Fsp3) is 0.226. The highest BCUT2D eigenvalue weighted by Crippen LogP contribution is 2.39. The molecule has 5 nitrogen and oxygen atoms in total. The van der Waals surface area contributed by atoms with Crippen LogP contribution in [0.5, 0.6) is 5.75 Å². The number of benzene rings is 3. The van der Waals surface area contributed by atoms with Crippen LogP contribution in [0.3, 0.4) is 0 Å². The number of nitrogens with zero attached hydrogens (tertiary/aromatic N) is 1. The topological polar surface area (TPSA) is 72.6 Å². The predicted octanol–water partition coefficient (Wildman–Crippen LogP) is 6.18. The Balaban J connectivity index is 1.37.